The number of ether oxygens (including phenoxy) is 2. The number of cyclic esters (lactones) is 1. The topological polar surface area (TPSA) is 185 Å². The minimum atomic E-state index is -3.53. The van der Waals surface area contributed by atoms with Gasteiger partial charge in [0.1, 0.15) is 16.9 Å². The van der Waals surface area contributed by atoms with Gasteiger partial charge in [-0.25, -0.2) is 10.1 Å². The quantitative estimate of drug-likeness (QED) is 0.169. The van der Waals surface area contributed by atoms with Crippen LogP contribution in [0.1, 0.15) is 84.3 Å². The Balaban J connectivity index is 1.80. The molecule has 0 saturated carbocycles. The van der Waals surface area contributed by atoms with E-state index in [0.717, 1.165) is 24.8 Å². The Kier molecular flexibility index (Phi) is 11.7. The zero-order chi connectivity index (χ0) is 31.5. The molecule has 0 amide bonds. The number of hydrogen-bond acceptors (Lipinski definition) is 10. The van der Waals surface area contributed by atoms with Gasteiger partial charge in [-0.05, 0) is 44.3 Å². The minimum absolute atomic E-state index is 0.0283. The third kappa shape index (κ3) is 9.01. The minimum Gasteiger partial charge on any atom is -0.458 e. The number of hydrogen-bond donors (Lipinski definition) is 5. The summed E-state index contributed by atoms with van der Waals surface area (Å²) in [7, 11) is -3.53. The molecule has 8 atom stereocenters. The van der Waals surface area contributed by atoms with Gasteiger partial charge in [-0.15, -0.1) is 11.3 Å². The summed E-state index contributed by atoms with van der Waals surface area (Å²) in [5.74, 6) is -1.75. The maximum Gasteiger partial charge on any atom is 0.309 e. The van der Waals surface area contributed by atoms with Gasteiger partial charge in [0.25, 0.3) is 7.52 Å². The van der Waals surface area contributed by atoms with E-state index in [9.17, 15) is 29.3 Å². The first-order chi connectivity index (χ1) is 19.5. The fourth-order valence-corrected chi connectivity index (χ4v) is 7.24. The van der Waals surface area contributed by atoms with Crippen LogP contribution in [0.25, 0.3) is 6.08 Å². The van der Waals surface area contributed by atoms with Gasteiger partial charge in [-0.1, -0.05) is 34.1 Å². The van der Waals surface area contributed by atoms with Crippen molar-refractivity contribution < 1.29 is 38.7 Å². The van der Waals surface area contributed by atoms with E-state index in [2.05, 4.69) is 10.1 Å². The number of rotatable bonds is 7. The predicted molar refractivity (Wildman–Crippen MR) is 162 cm³/mol. The molecule has 238 valence electrons. The summed E-state index contributed by atoms with van der Waals surface area (Å²) in [4.78, 5) is 40.8. The van der Waals surface area contributed by atoms with Crippen molar-refractivity contribution in [2.75, 3.05) is 12.7 Å². The largest absolute Gasteiger partial charge is 0.458 e. The van der Waals surface area contributed by atoms with Crippen LogP contribution in [-0.2, 0) is 30.2 Å². The molecule has 42 heavy (non-hydrogen) atoms. The lowest BCUT2D eigenvalue weighted by Crippen LogP contribution is -2.45. The average molecular weight is 630 g/mol. The van der Waals surface area contributed by atoms with Crippen LogP contribution in [0.2, 0.25) is 0 Å². The lowest BCUT2D eigenvalue weighted by Gasteiger charge is -2.34. The van der Waals surface area contributed by atoms with Gasteiger partial charge in [0.15, 0.2) is 0 Å². The standard InChI is InChI=1S/C29H48N3O8PS/c1-17-8-7-9-29(6)23(40-29)13-21(39-25(34)14-22(33)28(4,5)27(36)19(3)26(17)35)18(2)12-20-16-42-24(32-20)15-31-41(37,38)11-10-30/h12,16-17,19,21-23,26,33,35H,7-11,13-15,30H2,1-6H3,(H2,31,37,38)/b18-12+/t17?,19?,21?,22?,23?,26-,29+/m0/s1. The molecule has 11 nitrogen and oxygen atoms in total. The first-order valence-corrected chi connectivity index (χ1v) is 17.4. The molecule has 6 N–H and O–H groups in total. The highest BCUT2D eigenvalue weighted by molar-refractivity contribution is 7.55. The number of thiazole rings is 1. The fraction of sp³-hybridized carbons (Fsp3) is 0.759. The highest BCUT2D eigenvalue weighted by atomic mass is 32.1. The molecule has 2 aliphatic heterocycles. The van der Waals surface area contributed by atoms with E-state index in [1.54, 1.807) is 20.8 Å². The van der Waals surface area contributed by atoms with Crippen molar-refractivity contribution in [1.29, 1.82) is 0 Å². The third-order valence-corrected chi connectivity index (χ3v) is 11.2. The third-order valence-electron chi connectivity index (χ3n) is 8.77. The second-order valence-corrected chi connectivity index (χ2v) is 15.8. The zero-order valence-corrected chi connectivity index (χ0v) is 27.2. The highest BCUT2D eigenvalue weighted by Crippen LogP contribution is 2.45. The number of ketones is 1. The monoisotopic (exact) mass is 629 g/mol. The number of nitrogens with zero attached hydrogens (tertiary/aromatic N) is 1. The SMILES string of the molecule is C/C(=C\c1csc(CNP(=O)(O)CCN)n1)C1CC2O[C@]2(C)CCCC(C)[C@H](O)C(C)C(=O)C(C)(C)C(O)CC(=O)O1. The highest BCUT2D eigenvalue weighted by Gasteiger charge is 2.53. The van der Waals surface area contributed by atoms with E-state index in [0.29, 0.717) is 17.1 Å². The Bertz CT molecular complexity index is 1190. The molecule has 0 radical (unpaired) electrons. The molecular formula is C29H48N3O8PS. The van der Waals surface area contributed by atoms with Crippen molar-refractivity contribution in [2.24, 2.45) is 23.0 Å². The van der Waals surface area contributed by atoms with Gasteiger partial charge in [0.2, 0.25) is 0 Å². The Morgan fingerprint density at radius 1 is 1.29 bits per heavy atom. The molecule has 0 spiro atoms. The maximum absolute atomic E-state index is 13.3. The van der Waals surface area contributed by atoms with Crippen LogP contribution in [0.5, 0.6) is 0 Å². The van der Waals surface area contributed by atoms with Crippen molar-refractivity contribution in [3.05, 3.63) is 21.7 Å². The molecule has 2 fully saturated rings. The number of esters is 1. The second-order valence-electron chi connectivity index (χ2n) is 12.7. The van der Waals surface area contributed by atoms with Crippen LogP contribution in [-0.4, -0.2) is 74.6 Å². The van der Waals surface area contributed by atoms with Crippen LogP contribution in [0.15, 0.2) is 11.0 Å². The molecule has 1 aromatic rings. The maximum atomic E-state index is 13.3. The van der Waals surface area contributed by atoms with Gasteiger partial charge < -0.3 is 30.3 Å². The van der Waals surface area contributed by atoms with Crippen LogP contribution in [0.4, 0.5) is 0 Å². The fourth-order valence-electron chi connectivity index (χ4n) is 5.54. The molecule has 6 unspecified atom stereocenters. The van der Waals surface area contributed by atoms with E-state index in [1.165, 1.54) is 11.3 Å². The molecule has 0 aromatic carbocycles. The van der Waals surface area contributed by atoms with E-state index < -0.39 is 43.1 Å². The smallest absolute Gasteiger partial charge is 0.309 e. The molecular weight excluding hydrogens is 581 g/mol. The molecule has 1 aromatic heterocycles. The van der Waals surface area contributed by atoms with Crippen LogP contribution >= 0.6 is 18.9 Å². The lowest BCUT2D eigenvalue weighted by atomic mass is 9.73. The molecule has 13 heteroatoms. The first-order valence-electron chi connectivity index (χ1n) is 14.7. The van der Waals surface area contributed by atoms with Crippen LogP contribution < -0.4 is 10.8 Å². The summed E-state index contributed by atoms with van der Waals surface area (Å²) >= 11 is 1.34. The number of aliphatic hydroxyl groups is 2. The first kappa shape index (κ1) is 35.0. The molecule has 2 saturated heterocycles. The second kappa shape index (κ2) is 14.1. The van der Waals surface area contributed by atoms with Gasteiger partial charge in [-0.3, -0.25) is 14.2 Å². The van der Waals surface area contributed by atoms with Gasteiger partial charge in [-0.2, -0.15) is 0 Å². The zero-order valence-electron chi connectivity index (χ0n) is 25.5. The number of fused-ring (bicyclic) bond motifs is 1. The molecule has 3 heterocycles. The van der Waals surface area contributed by atoms with E-state index >= 15 is 0 Å². The van der Waals surface area contributed by atoms with Crippen molar-refractivity contribution in [1.82, 2.24) is 10.1 Å². The van der Waals surface area contributed by atoms with Crippen molar-refractivity contribution in [3.8, 4) is 0 Å². The normalized spacial score (nSPS) is 34.8. The predicted octanol–water partition coefficient (Wildman–Crippen LogP) is 3.40. The number of carbonyl (C=O) groups excluding carboxylic acids is 2. The Labute approximate surface area is 252 Å². The molecule has 3 rings (SSSR count). The van der Waals surface area contributed by atoms with E-state index in [1.807, 2.05) is 32.2 Å². The van der Waals surface area contributed by atoms with Crippen molar-refractivity contribution in [3.63, 3.8) is 0 Å². The Morgan fingerprint density at radius 3 is 2.64 bits per heavy atom. The van der Waals surface area contributed by atoms with Crippen molar-refractivity contribution in [2.45, 2.75) is 110 Å². The van der Waals surface area contributed by atoms with E-state index in [4.69, 9.17) is 15.2 Å². The average Bonchev–Trinajstić information content (AvgIpc) is 3.31. The van der Waals surface area contributed by atoms with Gasteiger partial charge >= 0.3 is 5.97 Å². The summed E-state index contributed by atoms with van der Waals surface area (Å²) in [6.45, 7) is 10.9. The van der Waals surface area contributed by atoms with Crippen LogP contribution in [0, 0.1) is 17.3 Å². The molecule has 0 bridgehead atoms. The summed E-state index contributed by atoms with van der Waals surface area (Å²) < 4.78 is 24.0. The summed E-state index contributed by atoms with van der Waals surface area (Å²) in [6.07, 6.45) is 1.20. The summed E-state index contributed by atoms with van der Waals surface area (Å²) in [5, 5.41) is 26.9. The number of nitrogens with one attached hydrogen (secondary N) is 1. The molecule has 2 aliphatic rings. The number of aromatic nitrogens is 1. The summed E-state index contributed by atoms with van der Waals surface area (Å²) in [6, 6.07) is 0. The number of aliphatic hydroxyl groups excluding tert-OH is 2. The van der Waals surface area contributed by atoms with Crippen molar-refractivity contribution >= 4 is 36.7 Å². The Morgan fingerprint density at radius 2 is 1.98 bits per heavy atom. The lowest BCUT2D eigenvalue weighted by molar-refractivity contribution is -0.154. The number of carbonyl (C=O) groups is 2. The van der Waals surface area contributed by atoms with Crippen LogP contribution in [0.3, 0.4) is 0 Å². The molecule has 0 aliphatic carbocycles. The summed E-state index contributed by atoms with van der Waals surface area (Å²) in [5.41, 5.74) is 5.11. The number of Topliss-reactive ketones (excluding diaryl/α,β-unsaturated/α-hetero) is 1. The number of nitrogens with two attached hydrogens (primary N) is 1. The van der Waals surface area contributed by atoms with Gasteiger partial charge in [0.05, 0.1) is 54.1 Å². The Hall–Kier alpha value is -1.50. The number of epoxide rings is 1. The van der Waals surface area contributed by atoms with Gasteiger partial charge in [0, 0.05) is 24.3 Å². The van der Waals surface area contributed by atoms with E-state index in [-0.39, 0.29) is 49.1 Å².